The quantitative estimate of drug-likeness (QED) is 0.634. The van der Waals surface area contributed by atoms with Crippen LogP contribution in [0.25, 0.3) is 0 Å². The Kier molecular flexibility index (Phi) is 6.54. The summed E-state index contributed by atoms with van der Waals surface area (Å²) >= 11 is 4.38. The molecule has 0 bridgehead atoms. The van der Waals surface area contributed by atoms with Crippen LogP contribution >= 0.6 is 12.6 Å². The summed E-state index contributed by atoms with van der Waals surface area (Å²) in [5, 5.41) is 0.278. The van der Waals surface area contributed by atoms with Crippen LogP contribution in [0, 0.1) is 5.92 Å². The molecule has 0 aromatic carbocycles. The highest BCUT2D eigenvalue weighted by Crippen LogP contribution is 2.13. The third-order valence-electron chi connectivity index (χ3n) is 1.97. The molecular weight excluding hydrogens is 168 g/mol. The number of ketones is 1. The minimum atomic E-state index is 0.168. The average molecular weight is 188 g/mol. The molecule has 0 N–H and O–H groups in total. The fourth-order valence-electron chi connectivity index (χ4n) is 1.01. The highest BCUT2D eigenvalue weighted by atomic mass is 32.1. The minimum absolute atomic E-state index is 0.168. The molecule has 0 aromatic heterocycles. The molecule has 0 aromatic rings. The normalized spacial score (nSPS) is 13.4. The molecule has 12 heavy (non-hydrogen) atoms. The van der Waals surface area contributed by atoms with Crippen LogP contribution in [0.2, 0.25) is 0 Å². The van der Waals surface area contributed by atoms with Crippen LogP contribution < -0.4 is 0 Å². The molecule has 0 radical (unpaired) electrons. The maximum Gasteiger partial charge on any atom is 0.136 e. The van der Waals surface area contributed by atoms with Gasteiger partial charge in [-0.2, -0.15) is 12.6 Å². The van der Waals surface area contributed by atoms with Gasteiger partial charge in [-0.15, -0.1) is 0 Å². The van der Waals surface area contributed by atoms with E-state index in [0.717, 1.165) is 6.42 Å². The van der Waals surface area contributed by atoms with E-state index in [4.69, 9.17) is 0 Å². The van der Waals surface area contributed by atoms with Gasteiger partial charge < -0.3 is 0 Å². The van der Waals surface area contributed by atoms with E-state index >= 15 is 0 Å². The van der Waals surface area contributed by atoms with E-state index in [9.17, 15) is 4.79 Å². The number of thiol groups is 1. The Morgan fingerprint density at radius 3 is 2.42 bits per heavy atom. The first-order valence-electron chi connectivity index (χ1n) is 4.78. The van der Waals surface area contributed by atoms with E-state index in [1.54, 1.807) is 0 Å². The van der Waals surface area contributed by atoms with E-state index in [1.807, 2.05) is 13.8 Å². The molecule has 0 spiro atoms. The second kappa shape index (κ2) is 6.53. The van der Waals surface area contributed by atoms with Crippen LogP contribution in [0.4, 0.5) is 0 Å². The number of hydrogen-bond donors (Lipinski definition) is 1. The molecule has 1 unspecified atom stereocenters. The van der Waals surface area contributed by atoms with Gasteiger partial charge in [0, 0.05) is 17.6 Å². The second-order valence-corrected chi connectivity index (χ2v) is 4.35. The Morgan fingerprint density at radius 2 is 2.00 bits per heavy atom. The SMILES string of the molecule is CCCCC(S)CC(=O)C(C)C. The van der Waals surface area contributed by atoms with Crippen molar-refractivity contribution in [2.45, 2.75) is 51.7 Å². The van der Waals surface area contributed by atoms with E-state index < -0.39 is 0 Å². The van der Waals surface area contributed by atoms with Gasteiger partial charge in [-0.05, 0) is 6.42 Å². The molecule has 0 heterocycles. The van der Waals surface area contributed by atoms with Gasteiger partial charge >= 0.3 is 0 Å². The Labute approximate surface area is 81.3 Å². The van der Waals surface area contributed by atoms with Crippen molar-refractivity contribution in [3.05, 3.63) is 0 Å². The van der Waals surface area contributed by atoms with Gasteiger partial charge in [-0.3, -0.25) is 4.79 Å². The maximum atomic E-state index is 11.3. The lowest BCUT2D eigenvalue weighted by atomic mass is 10.0. The zero-order valence-corrected chi connectivity index (χ0v) is 9.23. The Hall–Kier alpha value is 0.0200. The van der Waals surface area contributed by atoms with Crippen LogP contribution in [0.3, 0.4) is 0 Å². The number of carbonyl (C=O) groups is 1. The molecule has 0 saturated carbocycles. The lowest BCUT2D eigenvalue weighted by molar-refractivity contribution is -0.121. The summed E-state index contributed by atoms with van der Waals surface area (Å²) in [6.45, 7) is 6.05. The Bertz CT molecular complexity index is 132. The maximum absolute atomic E-state index is 11.3. The molecule has 0 aliphatic heterocycles. The number of unbranched alkanes of at least 4 members (excludes halogenated alkanes) is 1. The monoisotopic (exact) mass is 188 g/mol. The molecular formula is C10H20OS. The second-order valence-electron chi connectivity index (χ2n) is 3.62. The predicted molar refractivity (Wildman–Crippen MR) is 56.8 cm³/mol. The van der Waals surface area contributed by atoms with Gasteiger partial charge in [0.25, 0.3) is 0 Å². The van der Waals surface area contributed by atoms with Crippen LogP contribution in [-0.2, 0) is 4.79 Å². The topological polar surface area (TPSA) is 17.1 Å². The first kappa shape index (κ1) is 12.0. The molecule has 72 valence electrons. The molecule has 1 nitrogen and oxygen atoms in total. The predicted octanol–water partition coefficient (Wildman–Crippen LogP) is 3.09. The van der Waals surface area contributed by atoms with Crippen LogP contribution in [0.1, 0.15) is 46.5 Å². The smallest absolute Gasteiger partial charge is 0.136 e. The van der Waals surface area contributed by atoms with Crippen LogP contribution in [-0.4, -0.2) is 11.0 Å². The summed E-state index contributed by atoms with van der Waals surface area (Å²) in [5.74, 6) is 0.507. The highest BCUT2D eigenvalue weighted by molar-refractivity contribution is 7.81. The summed E-state index contributed by atoms with van der Waals surface area (Å²) < 4.78 is 0. The zero-order valence-electron chi connectivity index (χ0n) is 8.34. The molecule has 0 fully saturated rings. The van der Waals surface area contributed by atoms with Crippen molar-refractivity contribution < 1.29 is 4.79 Å². The third kappa shape index (κ3) is 5.64. The van der Waals surface area contributed by atoms with Crippen LogP contribution in [0.5, 0.6) is 0 Å². The molecule has 0 amide bonds. The van der Waals surface area contributed by atoms with Gasteiger partial charge in [-0.1, -0.05) is 33.6 Å². The van der Waals surface area contributed by atoms with Gasteiger partial charge in [0.05, 0.1) is 0 Å². The van der Waals surface area contributed by atoms with Gasteiger partial charge in [0.1, 0.15) is 5.78 Å². The van der Waals surface area contributed by atoms with E-state index in [-0.39, 0.29) is 11.2 Å². The number of rotatable bonds is 6. The van der Waals surface area contributed by atoms with E-state index in [1.165, 1.54) is 12.8 Å². The van der Waals surface area contributed by atoms with Crippen molar-refractivity contribution in [2.24, 2.45) is 5.92 Å². The first-order valence-corrected chi connectivity index (χ1v) is 5.30. The summed E-state index contributed by atoms with van der Waals surface area (Å²) in [6.07, 6.45) is 4.07. The summed E-state index contributed by atoms with van der Waals surface area (Å²) in [5.41, 5.74) is 0. The van der Waals surface area contributed by atoms with Crippen LogP contribution in [0.15, 0.2) is 0 Å². The number of carbonyl (C=O) groups excluding carboxylic acids is 1. The number of Topliss-reactive ketones (excluding diaryl/α,β-unsaturated/α-hetero) is 1. The fraction of sp³-hybridized carbons (Fsp3) is 0.900. The van der Waals surface area contributed by atoms with E-state index in [0.29, 0.717) is 12.2 Å². The third-order valence-corrected chi connectivity index (χ3v) is 2.41. The van der Waals surface area contributed by atoms with Crippen molar-refractivity contribution >= 4 is 18.4 Å². The Balaban J connectivity index is 3.54. The first-order chi connectivity index (χ1) is 5.57. The Morgan fingerprint density at radius 1 is 1.42 bits per heavy atom. The van der Waals surface area contributed by atoms with Crippen molar-refractivity contribution in [2.75, 3.05) is 0 Å². The van der Waals surface area contributed by atoms with E-state index in [2.05, 4.69) is 19.6 Å². The summed E-state index contributed by atoms with van der Waals surface area (Å²) in [4.78, 5) is 11.3. The largest absolute Gasteiger partial charge is 0.299 e. The lowest BCUT2D eigenvalue weighted by Gasteiger charge is -2.10. The van der Waals surface area contributed by atoms with Gasteiger partial charge in [0.15, 0.2) is 0 Å². The van der Waals surface area contributed by atoms with Gasteiger partial charge in [-0.25, -0.2) is 0 Å². The fourth-order valence-corrected chi connectivity index (χ4v) is 1.37. The summed E-state index contributed by atoms with van der Waals surface area (Å²) in [7, 11) is 0. The standard InChI is InChI=1S/C10H20OS/c1-4-5-6-9(12)7-10(11)8(2)3/h8-9,12H,4-7H2,1-3H3. The average Bonchev–Trinajstić information content (AvgIpc) is 2.00. The number of hydrogen-bond acceptors (Lipinski definition) is 2. The molecule has 0 rings (SSSR count). The molecule has 2 heteroatoms. The lowest BCUT2D eigenvalue weighted by Crippen LogP contribution is -2.13. The van der Waals surface area contributed by atoms with Crippen molar-refractivity contribution in [3.63, 3.8) is 0 Å². The minimum Gasteiger partial charge on any atom is -0.299 e. The molecule has 1 atom stereocenters. The highest BCUT2D eigenvalue weighted by Gasteiger charge is 2.12. The van der Waals surface area contributed by atoms with Crippen molar-refractivity contribution in [1.82, 2.24) is 0 Å². The van der Waals surface area contributed by atoms with Crippen molar-refractivity contribution in [3.8, 4) is 0 Å². The zero-order chi connectivity index (χ0) is 9.56. The summed E-state index contributed by atoms with van der Waals surface area (Å²) in [6, 6.07) is 0. The molecule has 0 aliphatic carbocycles. The van der Waals surface area contributed by atoms with Gasteiger partial charge in [0.2, 0.25) is 0 Å². The molecule has 0 aliphatic rings. The molecule has 0 saturated heterocycles. The van der Waals surface area contributed by atoms with Crippen molar-refractivity contribution in [1.29, 1.82) is 0 Å².